The van der Waals surface area contributed by atoms with Crippen LogP contribution < -0.4 is 0 Å². The van der Waals surface area contributed by atoms with E-state index in [1.165, 1.54) is 22.0 Å². The summed E-state index contributed by atoms with van der Waals surface area (Å²) in [6, 6.07) is 4.63. The Kier molecular flexibility index (Phi) is 2.23. The number of likely N-dealkylation sites (N-methyl/N-ethyl adjacent to an activating group) is 1. The molecule has 1 aromatic heterocycles. The van der Waals surface area contributed by atoms with Gasteiger partial charge in [0.1, 0.15) is 0 Å². The summed E-state index contributed by atoms with van der Waals surface area (Å²) in [6.45, 7) is 0. The lowest BCUT2D eigenvalue weighted by molar-refractivity contribution is 0.287. The van der Waals surface area contributed by atoms with Crippen molar-refractivity contribution in [3.8, 4) is 0 Å². The van der Waals surface area contributed by atoms with Crippen molar-refractivity contribution in [2.24, 2.45) is 0 Å². The van der Waals surface area contributed by atoms with Crippen LogP contribution in [-0.2, 0) is 12.8 Å². The van der Waals surface area contributed by atoms with E-state index in [1.54, 1.807) is 0 Å². The van der Waals surface area contributed by atoms with Crippen molar-refractivity contribution < 1.29 is 0 Å². The summed E-state index contributed by atoms with van der Waals surface area (Å²) in [7, 11) is 4.27. The Morgan fingerprint density at radius 3 is 2.88 bits per heavy atom. The number of benzene rings is 1. The van der Waals surface area contributed by atoms with Crippen LogP contribution in [0.3, 0.4) is 0 Å². The molecule has 1 atom stereocenters. The summed E-state index contributed by atoms with van der Waals surface area (Å²) in [5, 5.41) is 2.26. The first-order valence-corrected chi connectivity index (χ1v) is 5.98. The van der Waals surface area contributed by atoms with Crippen molar-refractivity contribution in [2.45, 2.75) is 18.9 Å². The fourth-order valence-corrected chi connectivity index (χ4v) is 2.87. The number of nitrogens with zero attached hydrogens (tertiary/aromatic N) is 1. The second-order valence-electron chi connectivity index (χ2n) is 4.79. The molecule has 84 valence electrons. The Morgan fingerprint density at radius 1 is 1.31 bits per heavy atom. The third-order valence-electron chi connectivity index (χ3n) is 3.60. The largest absolute Gasteiger partial charge is 0.361 e. The van der Waals surface area contributed by atoms with Gasteiger partial charge in [-0.3, -0.25) is 0 Å². The molecular weight excluding hydrogens is 220 g/mol. The minimum Gasteiger partial charge on any atom is -0.361 e. The molecule has 1 aliphatic carbocycles. The zero-order valence-electron chi connectivity index (χ0n) is 9.55. The molecule has 0 bridgehead atoms. The first-order valence-electron chi connectivity index (χ1n) is 5.60. The summed E-state index contributed by atoms with van der Waals surface area (Å²) >= 11 is 6.30. The predicted molar refractivity (Wildman–Crippen MR) is 68.2 cm³/mol. The molecule has 0 saturated carbocycles. The smallest absolute Gasteiger partial charge is 0.0460 e. The van der Waals surface area contributed by atoms with Gasteiger partial charge in [-0.15, -0.1) is 0 Å². The number of rotatable bonds is 1. The van der Waals surface area contributed by atoms with E-state index in [9.17, 15) is 0 Å². The van der Waals surface area contributed by atoms with E-state index in [2.05, 4.69) is 36.2 Å². The third kappa shape index (κ3) is 1.37. The van der Waals surface area contributed by atoms with Crippen molar-refractivity contribution in [3.05, 3.63) is 34.5 Å². The van der Waals surface area contributed by atoms with Gasteiger partial charge in [0.05, 0.1) is 0 Å². The zero-order chi connectivity index (χ0) is 11.3. The van der Waals surface area contributed by atoms with E-state index in [1.807, 2.05) is 6.07 Å². The number of halogens is 1. The summed E-state index contributed by atoms with van der Waals surface area (Å²) in [4.78, 5) is 5.61. The summed E-state index contributed by atoms with van der Waals surface area (Å²) in [5.41, 5.74) is 3.92. The first kappa shape index (κ1) is 10.2. The predicted octanol–water partition coefficient (Wildman–Crippen LogP) is 2.85. The van der Waals surface area contributed by atoms with Crippen LogP contribution in [-0.4, -0.2) is 30.0 Å². The van der Waals surface area contributed by atoms with Crippen molar-refractivity contribution in [3.63, 3.8) is 0 Å². The molecule has 1 aromatic carbocycles. The van der Waals surface area contributed by atoms with Crippen molar-refractivity contribution in [2.75, 3.05) is 14.1 Å². The Hall–Kier alpha value is -0.990. The molecule has 0 radical (unpaired) electrons. The van der Waals surface area contributed by atoms with E-state index in [0.717, 1.165) is 17.9 Å². The van der Waals surface area contributed by atoms with Crippen LogP contribution in [0.4, 0.5) is 0 Å². The molecule has 0 fully saturated rings. The van der Waals surface area contributed by atoms with Crippen LogP contribution in [0.25, 0.3) is 10.9 Å². The number of nitrogens with one attached hydrogen (secondary N) is 1. The summed E-state index contributed by atoms with van der Waals surface area (Å²) < 4.78 is 0. The van der Waals surface area contributed by atoms with E-state index in [0.29, 0.717) is 6.04 Å². The first-order chi connectivity index (χ1) is 7.66. The van der Waals surface area contributed by atoms with Crippen molar-refractivity contribution >= 4 is 22.5 Å². The molecule has 3 rings (SSSR count). The molecule has 0 spiro atoms. The maximum atomic E-state index is 6.30. The molecule has 1 unspecified atom stereocenters. The Labute approximate surface area is 100 Å². The lowest BCUT2D eigenvalue weighted by Crippen LogP contribution is -2.34. The standard InChI is InChI=1S/C13H15ClN2/c1-16(2)9-5-8-7-15-12-4-3-11(14)10(6-9)13(8)12/h3-4,7,9,15H,5-6H2,1-2H3. The zero-order valence-corrected chi connectivity index (χ0v) is 10.3. The number of hydrogen-bond donors (Lipinski definition) is 1. The number of H-pyrrole nitrogens is 1. The highest BCUT2D eigenvalue weighted by molar-refractivity contribution is 6.32. The van der Waals surface area contributed by atoms with Gasteiger partial charge in [0.2, 0.25) is 0 Å². The molecule has 3 heteroatoms. The number of aromatic amines is 1. The number of aromatic nitrogens is 1. The third-order valence-corrected chi connectivity index (χ3v) is 3.96. The Bertz CT molecular complexity index is 542. The van der Waals surface area contributed by atoms with Gasteiger partial charge in [-0.1, -0.05) is 11.6 Å². The molecular formula is C13H15ClN2. The Balaban J connectivity index is 2.21. The van der Waals surface area contributed by atoms with Crippen LogP contribution in [0.5, 0.6) is 0 Å². The summed E-state index contributed by atoms with van der Waals surface area (Å²) in [6.07, 6.45) is 4.29. The molecule has 2 nitrogen and oxygen atoms in total. The molecule has 1 N–H and O–H groups in total. The average Bonchev–Trinajstić information content (AvgIpc) is 2.67. The monoisotopic (exact) mass is 234 g/mol. The van der Waals surface area contributed by atoms with Crippen molar-refractivity contribution in [1.29, 1.82) is 0 Å². The molecule has 0 aliphatic heterocycles. The highest BCUT2D eigenvalue weighted by atomic mass is 35.5. The fourth-order valence-electron chi connectivity index (χ4n) is 2.63. The maximum Gasteiger partial charge on any atom is 0.0460 e. The lowest BCUT2D eigenvalue weighted by Gasteiger charge is -2.28. The van der Waals surface area contributed by atoms with Gasteiger partial charge >= 0.3 is 0 Å². The normalized spacial score (nSPS) is 19.6. The minimum atomic E-state index is 0.561. The molecule has 1 aliphatic rings. The van der Waals surface area contributed by atoms with Crippen molar-refractivity contribution in [1.82, 2.24) is 9.88 Å². The topological polar surface area (TPSA) is 19.0 Å². The second kappa shape index (κ2) is 3.51. The lowest BCUT2D eigenvalue weighted by atomic mass is 9.89. The van der Waals surface area contributed by atoms with Gasteiger partial charge in [0.15, 0.2) is 0 Å². The summed E-state index contributed by atoms with van der Waals surface area (Å²) in [5.74, 6) is 0. The van der Waals surface area contributed by atoms with E-state index in [-0.39, 0.29) is 0 Å². The van der Waals surface area contributed by atoms with E-state index in [4.69, 9.17) is 11.6 Å². The van der Waals surface area contributed by atoms with Gasteiger partial charge in [-0.25, -0.2) is 0 Å². The molecule has 0 saturated heterocycles. The second-order valence-corrected chi connectivity index (χ2v) is 5.20. The van der Waals surface area contributed by atoms with Crippen LogP contribution in [0.2, 0.25) is 5.02 Å². The highest BCUT2D eigenvalue weighted by Crippen LogP contribution is 2.35. The molecule has 16 heavy (non-hydrogen) atoms. The van der Waals surface area contributed by atoms with Gasteiger partial charge in [-0.2, -0.15) is 0 Å². The van der Waals surface area contributed by atoms with E-state index >= 15 is 0 Å². The van der Waals surface area contributed by atoms with Gasteiger partial charge in [0.25, 0.3) is 0 Å². The quantitative estimate of drug-likeness (QED) is 0.804. The molecule has 2 aromatic rings. The van der Waals surface area contributed by atoms with Gasteiger partial charge in [-0.05, 0) is 50.2 Å². The molecule has 1 heterocycles. The average molecular weight is 235 g/mol. The van der Waals surface area contributed by atoms with Gasteiger partial charge < -0.3 is 9.88 Å². The van der Waals surface area contributed by atoms with Crippen LogP contribution in [0.15, 0.2) is 18.3 Å². The molecule has 0 amide bonds. The number of hydrogen-bond acceptors (Lipinski definition) is 1. The fraction of sp³-hybridized carbons (Fsp3) is 0.385. The van der Waals surface area contributed by atoms with Gasteiger partial charge in [0, 0.05) is 28.2 Å². The van der Waals surface area contributed by atoms with Crippen LogP contribution >= 0.6 is 11.6 Å². The maximum absolute atomic E-state index is 6.30. The SMILES string of the molecule is CN(C)C1Cc2c[nH]c3ccc(Cl)c(c23)C1. The van der Waals surface area contributed by atoms with Crippen LogP contribution in [0, 0.1) is 0 Å². The van der Waals surface area contributed by atoms with E-state index < -0.39 is 0 Å². The minimum absolute atomic E-state index is 0.561. The highest BCUT2D eigenvalue weighted by Gasteiger charge is 2.24. The Morgan fingerprint density at radius 2 is 2.12 bits per heavy atom. The van der Waals surface area contributed by atoms with Crippen LogP contribution in [0.1, 0.15) is 11.1 Å².